The maximum absolute atomic E-state index is 4.40. The maximum atomic E-state index is 4.40. The molecule has 0 aliphatic rings. The van der Waals surface area contributed by atoms with Crippen LogP contribution in [0.25, 0.3) is 0 Å². The first kappa shape index (κ1) is 16.5. The van der Waals surface area contributed by atoms with Crippen molar-refractivity contribution < 1.29 is 0 Å². The van der Waals surface area contributed by atoms with Gasteiger partial charge in [0.1, 0.15) is 12.2 Å². The summed E-state index contributed by atoms with van der Waals surface area (Å²) in [7, 11) is 2.03. The van der Waals surface area contributed by atoms with Gasteiger partial charge in [-0.2, -0.15) is 16.9 Å². The van der Waals surface area contributed by atoms with Crippen molar-refractivity contribution in [3.63, 3.8) is 0 Å². The summed E-state index contributed by atoms with van der Waals surface area (Å²) in [5, 5.41) is 7.72. The van der Waals surface area contributed by atoms with Crippen molar-refractivity contribution in [3.8, 4) is 0 Å². The Morgan fingerprint density at radius 2 is 1.95 bits per heavy atom. The van der Waals surface area contributed by atoms with E-state index in [1.54, 1.807) is 6.33 Å². The molecule has 1 atom stereocenters. The standard InChI is InChI=1S/C14H28N4S/c1-11(2)7-18-14(16-10-17-18)6-13(15-5)9-19-8-12(3)4/h10-13,15H,6-9H2,1-5H3. The first-order valence-electron chi connectivity index (χ1n) is 7.14. The molecular weight excluding hydrogens is 256 g/mol. The summed E-state index contributed by atoms with van der Waals surface area (Å²) >= 11 is 2.02. The number of nitrogens with one attached hydrogen (secondary N) is 1. The van der Waals surface area contributed by atoms with E-state index in [9.17, 15) is 0 Å². The lowest BCUT2D eigenvalue weighted by atomic mass is 10.2. The highest BCUT2D eigenvalue weighted by Gasteiger charge is 2.13. The van der Waals surface area contributed by atoms with Crippen molar-refractivity contribution in [2.45, 2.75) is 46.7 Å². The summed E-state index contributed by atoms with van der Waals surface area (Å²) in [6, 6.07) is 0.471. The number of likely N-dealkylation sites (N-methyl/N-ethyl adjacent to an activating group) is 1. The van der Waals surface area contributed by atoms with E-state index < -0.39 is 0 Å². The van der Waals surface area contributed by atoms with Gasteiger partial charge in [-0.3, -0.25) is 0 Å². The highest BCUT2D eigenvalue weighted by molar-refractivity contribution is 7.99. The van der Waals surface area contributed by atoms with Crippen LogP contribution >= 0.6 is 11.8 Å². The molecule has 0 spiro atoms. The fourth-order valence-electron chi connectivity index (χ4n) is 1.86. The van der Waals surface area contributed by atoms with Gasteiger partial charge in [0.15, 0.2) is 0 Å². The second kappa shape index (κ2) is 8.59. The minimum Gasteiger partial charge on any atom is -0.316 e. The molecule has 0 aliphatic carbocycles. The molecule has 1 N–H and O–H groups in total. The lowest BCUT2D eigenvalue weighted by Gasteiger charge is -2.17. The molecule has 1 rings (SSSR count). The van der Waals surface area contributed by atoms with Crippen molar-refractivity contribution in [1.82, 2.24) is 20.1 Å². The Hall–Kier alpha value is -0.550. The Labute approximate surface area is 121 Å². The minimum absolute atomic E-state index is 0.471. The Balaban J connectivity index is 2.48. The monoisotopic (exact) mass is 284 g/mol. The smallest absolute Gasteiger partial charge is 0.138 e. The van der Waals surface area contributed by atoms with E-state index >= 15 is 0 Å². The van der Waals surface area contributed by atoms with Crippen LogP contribution in [0.15, 0.2) is 6.33 Å². The van der Waals surface area contributed by atoms with Gasteiger partial charge in [-0.05, 0) is 24.6 Å². The van der Waals surface area contributed by atoms with Crippen molar-refractivity contribution in [3.05, 3.63) is 12.2 Å². The van der Waals surface area contributed by atoms with Gasteiger partial charge in [-0.15, -0.1) is 0 Å². The molecule has 0 bridgehead atoms. The van der Waals surface area contributed by atoms with E-state index in [0.29, 0.717) is 12.0 Å². The van der Waals surface area contributed by atoms with E-state index in [-0.39, 0.29) is 0 Å². The summed E-state index contributed by atoms with van der Waals surface area (Å²) in [6.07, 6.45) is 2.63. The average molecular weight is 284 g/mol. The SMILES string of the molecule is CNC(CSCC(C)C)Cc1ncnn1CC(C)C. The predicted molar refractivity (Wildman–Crippen MR) is 83.6 cm³/mol. The molecule has 0 amide bonds. The average Bonchev–Trinajstić information content (AvgIpc) is 2.74. The third-order valence-corrected chi connectivity index (χ3v) is 4.38. The minimum atomic E-state index is 0.471. The van der Waals surface area contributed by atoms with Crippen LogP contribution in [-0.2, 0) is 13.0 Å². The number of aromatic nitrogens is 3. The largest absolute Gasteiger partial charge is 0.316 e. The first-order chi connectivity index (χ1) is 9.02. The summed E-state index contributed by atoms with van der Waals surface area (Å²) < 4.78 is 2.04. The molecule has 1 aromatic rings. The zero-order valence-corrected chi connectivity index (χ0v) is 13.7. The van der Waals surface area contributed by atoms with Crippen molar-refractivity contribution in [2.24, 2.45) is 11.8 Å². The first-order valence-corrected chi connectivity index (χ1v) is 8.30. The van der Waals surface area contributed by atoms with Gasteiger partial charge in [-0.1, -0.05) is 27.7 Å². The number of rotatable bonds is 9. The van der Waals surface area contributed by atoms with Crippen LogP contribution in [0.1, 0.15) is 33.5 Å². The highest BCUT2D eigenvalue weighted by Crippen LogP contribution is 2.12. The van der Waals surface area contributed by atoms with Crippen molar-refractivity contribution in [2.75, 3.05) is 18.6 Å². The Morgan fingerprint density at radius 3 is 2.53 bits per heavy atom. The second-order valence-electron chi connectivity index (χ2n) is 5.87. The molecule has 19 heavy (non-hydrogen) atoms. The number of nitrogens with zero attached hydrogens (tertiary/aromatic N) is 3. The Bertz CT molecular complexity index is 349. The van der Waals surface area contributed by atoms with E-state index in [2.05, 4.69) is 43.1 Å². The summed E-state index contributed by atoms with van der Waals surface area (Å²) in [4.78, 5) is 4.40. The molecule has 5 heteroatoms. The van der Waals surface area contributed by atoms with E-state index in [1.165, 1.54) is 5.75 Å². The quantitative estimate of drug-likeness (QED) is 0.756. The maximum Gasteiger partial charge on any atom is 0.138 e. The zero-order chi connectivity index (χ0) is 14.3. The molecule has 0 aromatic carbocycles. The zero-order valence-electron chi connectivity index (χ0n) is 12.9. The van der Waals surface area contributed by atoms with E-state index in [0.717, 1.165) is 30.5 Å². The van der Waals surface area contributed by atoms with Gasteiger partial charge in [-0.25, -0.2) is 9.67 Å². The summed E-state index contributed by atoms with van der Waals surface area (Å²) in [5.41, 5.74) is 0. The number of thioether (sulfide) groups is 1. The van der Waals surface area contributed by atoms with Crippen LogP contribution in [0.5, 0.6) is 0 Å². The lowest BCUT2D eigenvalue weighted by molar-refractivity contribution is 0.455. The van der Waals surface area contributed by atoms with Crippen LogP contribution < -0.4 is 5.32 Å². The van der Waals surface area contributed by atoms with Gasteiger partial charge in [0.05, 0.1) is 0 Å². The lowest BCUT2D eigenvalue weighted by Crippen LogP contribution is -2.32. The fourth-order valence-corrected chi connectivity index (χ4v) is 3.03. The Morgan fingerprint density at radius 1 is 1.21 bits per heavy atom. The molecule has 0 radical (unpaired) electrons. The predicted octanol–water partition coefficient (Wildman–Crippen LogP) is 2.45. The highest BCUT2D eigenvalue weighted by atomic mass is 32.2. The number of hydrogen-bond donors (Lipinski definition) is 1. The molecule has 110 valence electrons. The normalized spacial score (nSPS) is 13.4. The second-order valence-corrected chi connectivity index (χ2v) is 6.95. The van der Waals surface area contributed by atoms with Crippen LogP contribution in [0.4, 0.5) is 0 Å². The Kier molecular flexibility index (Phi) is 7.46. The molecular formula is C14H28N4S. The fraction of sp³-hybridized carbons (Fsp3) is 0.857. The van der Waals surface area contributed by atoms with Crippen molar-refractivity contribution in [1.29, 1.82) is 0 Å². The molecule has 1 heterocycles. The molecule has 4 nitrogen and oxygen atoms in total. The molecule has 0 saturated carbocycles. The van der Waals surface area contributed by atoms with Gasteiger partial charge in [0.25, 0.3) is 0 Å². The van der Waals surface area contributed by atoms with Crippen LogP contribution in [0.3, 0.4) is 0 Å². The summed E-state index contributed by atoms with van der Waals surface area (Å²) in [6.45, 7) is 9.89. The van der Waals surface area contributed by atoms with E-state index in [4.69, 9.17) is 0 Å². The summed E-state index contributed by atoms with van der Waals surface area (Å²) in [5.74, 6) is 4.80. The molecule has 1 unspecified atom stereocenters. The van der Waals surface area contributed by atoms with Crippen molar-refractivity contribution >= 4 is 11.8 Å². The van der Waals surface area contributed by atoms with Gasteiger partial charge < -0.3 is 5.32 Å². The molecule has 0 fully saturated rings. The van der Waals surface area contributed by atoms with Crippen LogP contribution in [0.2, 0.25) is 0 Å². The van der Waals surface area contributed by atoms with Gasteiger partial charge >= 0.3 is 0 Å². The van der Waals surface area contributed by atoms with E-state index in [1.807, 2.05) is 23.5 Å². The molecule has 1 aromatic heterocycles. The topological polar surface area (TPSA) is 42.7 Å². The molecule has 0 saturated heterocycles. The molecule has 0 aliphatic heterocycles. The third-order valence-electron chi connectivity index (χ3n) is 2.84. The van der Waals surface area contributed by atoms with Crippen LogP contribution in [0, 0.1) is 11.8 Å². The van der Waals surface area contributed by atoms with Gasteiger partial charge in [0, 0.05) is 24.8 Å². The van der Waals surface area contributed by atoms with Crippen LogP contribution in [-0.4, -0.2) is 39.4 Å². The van der Waals surface area contributed by atoms with Gasteiger partial charge in [0.2, 0.25) is 0 Å². The third kappa shape index (κ3) is 6.43. The number of hydrogen-bond acceptors (Lipinski definition) is 4.